The number of amides is 1. The summed E-state index contributed by atoms with van der Waals surface area (Å²) in [6.45, 7) is 3.79. The molecule has 0 aromatic carbocycles. The van der Waals surface area contributed by atoms with Gasteiger partial charge in [0.05, 0.1) is 6.10 Å². The minimum absolute atomic E-state index is 0.0186. The first-order valence-electron chi connectivity index (χ1n) is 6.16. The minimum atomic E-state index is -1.06. The molecule has 1 aliphatic carbocycles. The molecule has 1 rings (SSSR count). The highest BCUT2D eigenvalue weighted by Gasteiger charge is 2.42. The van der Waals surface area contributed by atoms with Crippen LogP contribution < -0.4 is 5.32 Å². The van der Waals surface area contributed by atoms with Gasteiger partial charge in [0.15, 0.2) is 0 Å². The van der Waals surface area contributed by atoms with Gasteiger partial charge < -0.3 is 15.2 Å². The molecule has 0 radical (unpaired) electrons. The zero-order valence-electron chi connectivity index (χ0n) is 10.5. The molecule has 0 saturated heterocycles. The van der Waals surface area contributed by atoms with Crippen LogP contribution in [0.4, 0.5) is 0 Å². The summed E-state index contributed by atoms with van der Waals surface area (Å²) < 4.78 is 5.28. The van der Waals surface area contributed by atoms with Crippen LogP contribution in [-0.4, -0.2) is 35.2 Å². The third-order valence-corrected chi connectivity index (χ3v) is 3.32. The van der Waals surface area contributed by atoms with E-state index in [-0.39, 0.29) is 18.6 Å². The van der Waals surface area contributed by atoms with Crippen molar-refractivity contribution < 1.29 is 19.4 Å². The van der Waals surface area contributed by atoms with Gasteiger partial charge in [-0.1, -0.05) is 19.8 Å². The van der Waals surface area contributed by atoms with Crippen molar-refractivity contribution in [3.05, 3.63) is 0 Å². The SMILES string of the molecule is CCC(C)OCC(=O)NC1(C(=O)O)CCCC1. The minimum Gasteiger partial charge on any atom is -0.480 e. The van der Waals surface area contributed by atoms with Gasteiger partial charge in [-0.15, -0.1) is 0 Å². The normalized spacial score (nSPS) is 19.9. The van der Waals surface area contributed by atoms with Crippen LogP contribution in [0.1, 0.15) is 46.0 Å². The van der Waals surface area contributed by atoms with E-state index in [1.165, 1.54) is 0 Å². The van der Waals surface area contributed by atoms with Crippen LogP contribution in [0.3, 0.4) is 0 Å². The quantitative estimate of drug-likeness (QED) is 0.737. The second-order valence-corrected chi connectivity index (χ2v) is 4.67. The summed E-state index contributed by atoms with van der Waals surface area (Å²) in [4.78, 5) is 22.8. The third-order valence-electron chi connectivity index (χ3n) is 3.32. The molecule has 5 nitrogen and oxygen atoms in total. The highest BCUT2D eigenvalue weighted by Crippen LogP contribution is 2.29. The molecular weight excluding hydrogens is 222 g/mol. The van der Waals surface area contributed by atoms with E-state index in [1.54, 1.807) is 0 Å². The molecular formula is C12H21NO4. The van der Waals surface area contributed by atoms with Gasteiger partial charge in [0.1, 0.15) is 12.1 Å². The van der Waals surface area contributed by atoms with Gasteiger partial charge in [-0.05, 0) is 26.2 Å². The van der Waals surface area contributed by atoms with Gasteiger partial charge in [0.25, 0.3) is 0 Å². The summed E-state index contributed by atoms with van der Waals surface area (Å²) in [7, 11) is 0. The van der Waals surface area contributed by atoms with E-state index in [1.807, 2.05) is 13.8 Å². The molecule has 98 valence electrons. The average molecular weight is 243 g/mol. The number of carboxylic acid groups (broad SMARTS) is 1. The lowest BCUT2D eigenvalue weighted by Crippen LogP contribution is -2.53. The van der Waals surface area contributed by atoms with Gasteiger partial charge >= 0.3 is 5.97 Å². The smallest absolute Gasteiger partial charge is 0.329 e. The Balaban J connectivity index is 2.45. The Morgan fingerprint density at radius 2 is 2.00 bits per heavy atom. The van der Waals surface area contributed by atoms with Crippen molar-refractivity contribution in [3.8, 4) is 0 Å². The lowest BCUT2D eigenvalue weighted by Gasteiger charge is -2.25. The van der Waals surface area contributed by atoms with Crippen LogP contribution >= 0.6 is 0 Å². The van der Waals surface area contributed by atoms with Crippen molar-refractivity contribution >= 4 is 11.9 Å². The first kappa shape index (κ1) is 14.0. The zero-order chi connectivity index (χ0) is 12.9. The molecule has 1 unspecified atom stereocenters. The van der Waals surface area contributed by atoms with Crippen LogP contribution in [0, 0.1) is 0 Å². The number of carbonyl (C=O) groups excluding carboxylic acids is 1. The number of rotatable bonds is 6. The molecule has 2 N–H and O–H groups in total. The molecule has 1 amide bonds. The molecule has 0 aromatic rings. The van der Waals surface area contributed by atoms with E-state index < -0.39 is 11.5 Å². The average Bonchev–Trinajstić information content (AvgIpc) is 2.75. The number of nitrogens with one attached hydrogen (secondary N) is 1. The lowest BCUT2D eigenvalue weighted by molar-refractivity contribution is -0.148. The van der Waals surface area contributed by atoms with Crippen molar-refractivity contribution in [1.82, 2.24) is 5.32 Å². The maximum absolute atomic E-state index is 11.6. The van der Waals surface area contributed by atoms with Gasteiger partial charge in [0.2, 0.25) is 5.91 Å². The Hall–Kier alpha value is -1.10. The number of hydrogen-bond donors (Lipinski definition) is 2. The number of carbonyl (C=O) groups is 2. The Labute approximate surface area is 102 Å². The molecule has 5 heteroatoms. The van der Waals surface area contributed by atoms with E-state index in [4.69, 9.17) is 4.74 Å². The third kappa shape index (κ3) is 3.70. The predicted octanol–water partition coefficient (Wildman–Crippen LogP) is 1.32. The Morgan fingerprint density at radius 1 is 1.41 bits per heavy atom. The molecule has 1 fully saturated rings. The van der Waals surface area contributed by atoms with Gasteiger partial charge in [-0.3, -0.25) is 4.79 Å². The summed E-state index contributed by atoms with van der Waals surface area (Å²) in [5.74, 6) is -1.28. The molecule has 0 spiro atoms. The summed E-state index contributed by atoms with van der Waals surface area (Å²) in [5, 5.41) is 11.8. The van der Waals surface area contributed by atoms with Crippen LogP contribution in [-0.2, 0) is 14.3 Å². The standard InChI is InChI=1S/C12H21NO4/c1-3-9(2)17-8-10(14)13-12(11(15)16)6-4-5-7-12/h9H,3-8H2,1-2H3,(H,13,14)(H,15,16). The van der Waals surface area contributed by atoms with E-state index in [2.05, 4.69) is 5.32 Å². The largest absolute Gasteiger partial charge is 0.480 e. The highest BCUT2D eigenvalue weighted by atomic mass is 16.5. The lowest BCUT2D eigenvalue weighted by atomic mass is 9.98. The second-order valence-electron chi connectivity index (χ2n) is 4.67. The molecule has 1 saturated carbocycles. The molecule has 0 aromatic heterocycles. The topological polar surface area (TPSA) is 75.6 Å². The molecule has 0 aliphatic heterocycles. The molecule has 0 bridgehead atoms. The predicted molar refractivity (Wildman–Crippen MR) is 62.7 cm³/mol. The summed E-state index contributed by atoms with van der Waals surface area (Å²) in [5.41, 5.74) is -1.06. The Bertz CT molecular complexity index is 284. The zero-order valence-corrected chi connectivity index (χ0v) is 10.5. The first-order valence-corrected chi connectivity index (χ1v) is 6.16. The van der Waals surface area contributed by atoms with Gasteiger partial charge in [-0.2, -0.15) is 0 Å². The van der Waals surface area contributed by atoms with Crippen LogP contribution in [0.25, 0.3) is 0 Å². The monoisotopic (exact) mass is 243 g/mol. The van der Waals surface area contributed by atoms with Crippen LogP contribution in [0.5, 0.6) is 0 Å². The molecule has 1 atom stereocenters. The molecule has 1 aliphatic rings. The first-order chi connectivity index (χ1) is 8.00. The number of aliphatic carboxylic acids is 1. The van der Waals surface area contributed by atoms with Crippen molar-refractivity contribution in [1.29, 1.82) is 0 Å². The van der Waals surface area contributed by atoms with Crippen molar-refractivity contribution in [2.24, 2.45) is 0 Å². The fraction of sp³-hybridized carbons (Fsp3) is 0.833. The Kier molecular flexibility index (Phi) is 4.93. The van der Waals surface area contributed by atoms with E-state index in [9.17, 15) is 14.7 Å². The fourth-order valence-corrected chi connectivity index (χ4v) is 2.01. The van der Waals surface area contributed by atoms with E-state index in [0.717, 1.165) is 19.3 Å². The summed E-state index contributed by atoms with van der Waals surface area (Å²) in [6.07, 6.45) is 3.56. The number of ether oxygens (including phenoxy) is 1. The van der Waals surface area contributed by atoms with Crippen LogP contribution in [0.2, 0.25) is 0 Å². The van der Waals surface area contributed by atoms with Crippen molar-refractivity contribution in [3.63, 3.8) is 0 Å². The summed E-state index contributed by atoms with van der Waals surface area (Å²) >= 11 is 0. The van der Waals surface area contributed by atoms with E-state index in [0.29, 0.717) is 12.8 Å². The summed E-state index contributed by atoms with van der Waals surface area (Å²) in [6, 6.07) is 0. The van der Waals surface area contributed by atoms with Gasteiger partial charge in [0, 0.05) is 0 Å². The van der Waals surface area contributed by atoms with Gasteiger partial charge in [-0.25, -0.2) is 4.79 Å². The van der Waals surface area contributed by atoms with E-state index >= 15 is 0 Å². The van der Waals surface area contributed by atoms with Crippen molar-refractivity contribution in [2.75, 3.05) is 6.61 Å². The maximum Gasteiger partial charge on any atom is 0.329 e. The van der Waals surface area contributed by atoms with Crippen LogP contribution in [0.15, 0.2) is 0 Å². The van der Waals surface area contributed by atoms with Crippen molar-refractivity contribution in [2.45, 2.75) is 57.6 Å². The number of carboxylic acids is 1. The maximum atomic E-state index is 11.6. The Morgan fingerprint density at radius 3 is 2.47 bits per heavy atom. The fourth-order valence-electron chi connectivity index (χ4n) is 2.01. The number of hydrogen-bond acceptors (Lipinski definition) is 3. The molecule has 17 heavy (non-hydrogen) atoms. The second kappa shape index (κ2) is 6.00. The highest BCUT2D eigenvalue weighted by molar-refractivity contribution is 5.87. The molecule has 0 heterocycles.